The van der Waals surface area contributed by atoms with E-state index in [9.17, 15) is 4.79 Å². The first-order valence-corrected chi connectivity index (χ1v) is 9.85. The van der Waals surface area contributed by atoms with Gasteiger partial charge in [0.25, 0.3) is 0 Å². The highest BCUT2D eigenvalue weighted by atomic mass is 16.7. The van der Waals surface area contributed by atoms with Crippen molar-refractivity contribution in [1.82, 2.24) is 19.4 Å². The van der Waals surface area contributed by atoms with Gasteiger partial charge in [-0.05, 0) is 12.1 Å². The maximum atomic E-state index is 12.4. The Bertz CT molecular complexity index is 814. The molecule has 1 saturated heterocycles. The SMILES string of the molecule is CCc1nccn1CCN1CCN(CC(=O)Nc2ccc3c(c2)OCO3)CC1. The lowest BCUT2D eigenvalue weighted by Gasteiger charge is -2.34. The van der Waals surface area contributed by atoms with Crippen LogP contribution in [0.15, 0.2) is 30.6 Å². The van der Waals surface area contributed by atoms with Crippen molar-refractivity contribution in [3.8, 4) is 11.5 Å². The summed E-state index contributed by atoms with van der Waals surface area (Å²) >= 11 is 0. The van der Waals surface area contributed by atoms with Crippen LogP contribution in [0.5, 0.6) is 11.5 Å². The van der Waals surface area contributed by atoms with E-state index in [1.807, 2.05) is 18.3 Å². The Morgan fingerprint density at radius 1 is 1.11 bits per heavy atom. The third-order valence-corrected chi connectivity index (χ3v) is 5.26. The first kappa shape index (κ1) is 18.8. The fraction of sp³-hybridized carbons (Fsp3) is 0.500. The van der Waals surface area contributed by atoms with E-state index in [2.05, 4.69) is 37.8 Å². The smallest absolute Gasteiger partial charge is 0.238 e. The number of carbonyl (C=O) groups excluding carboxylic acids is 1. The summed E-state index contributed by atoms with van der Waals surface area (Å²) in [7, 11) is 0. The quantitative estimate of drug-likeness (QED) is 0.778. The molecule has 3 heterocycles. The van der Waals surface area contributed by atoms with Crippen LogP contribution in [0.3, 0.4) is 0 Å². The van der Waals surface area contributed by atoms with E-state index >= 15 is 0 Å². The number of imidazole rings is 1. The number of piperazine rings is 1. The van der Waals surface area contributed by atoms with E-state index in [1.54, 1.807) is 6.07 Å². The maximum absolute atomic E-state index is 12.4. The lowest BCUT2D eigenvalue weighted by molar-refractivity contribution is -0.117. The molecule has 0 atom stereocenters. The van der Waals surface area contributed by atoms with Crippen LogP contribution in [-0.2, 0) is 17.8 Å². The van der Waals surface area contributed by atoms with Crippen LogP contribution in [0.4, 0.5) is 5.69 Å². The number of benzene rings is 1. The van der Waals surface area contributed by atoms with Gasteiger partial charge in [0.2, 0.25) is 12.7 Å². The first-order valence-electron chi connectivity index (χ1n) is 9.85. The van der Waals surface area contributed by atoms with Crippen LogP contribution in [-0.4, -0.2) is 71.3 Å². The molecular formula is C20H27N5O3. The summed E-state index contributed by atoms with van der Waals surface area (Å²) in [5, 5.41) is 2.95. The van der Waals surface area contributed by atoms with E-state index < -0.39 is 0 Å². The van der Waals surface area contributed by atoms with Crippen LogP contribution in [0.1, 0.15) is 12.7 Å². The third kappa shape index (κ3) is 4.45. The number of hydrogen-bond donors (Lipinski definition) is 1. The van der Waals surface area contributed by atoms with Gasteiger partial charge in [0, 0.05) is 69.8 Å². The van der Waals surface area contributed by atoms with Crippen molar-refractivity contribution in [2.75, 3.05) is 51.4 Å². The molecule has 2 aromatic rings. The Balaban J connectivity index is 1.19. The number of amides is 1. The Morgan fingerprint density at radius 2 is 1.89 bits per heavy atom. The first-order chi connectivity index (χ1) is 13.7. The predicted octanol–water partition coefficient (Wildman–Crippen LogP) is 1.43. The van der Waals surface area contributed by atoms with Crippen molar-refractivity contribution >= 4 is 11.6 Å². The van der Waals surface area contributed by atoms with Gasteiger partial charge in [0.1, 0.15) is 5.82 Å². The predicted molar refractivity (Wildman–Crippen MR) is 106 cm³/mol. The average molecular weight is 385 g/mol. The van der Waals surface area contributed by atoms with Crippen molar-refractivity contribution in [3.05, 3.63) is 36.4 Å². The summed E-state index contributed by atoms with van der Waals surface area (Å²) in [6.07, 6.45) is 4.88. The van der Waals surface area contributed by atoms with Gasteiger partial charge in [-0.25, -0.2) is 4.98 Å². The number of ether oxygens (including phenoxy) is 2. The Kier molecular flexibility index (Phi) is 5.78. The number of nitrogens with one attached hydrogen (secondary N) is 1. The van der Waals surface area contributed by atoms with Gasteiger partial charge in [0.05, 0.1) is 6.54 Å². The van der Waals surface area contributed by atoms with Crippen molar-refractivity contribution in [2.24, 2.45) is 0 Å². The fourth-order valence-corrected chi connectivity index (χ4v) is 3.66. The monoisotopic (exact) mass is 385 g/mol. The molecule has 4 rings (SSSR count). The molecule has 150 valence electrons. The highest BCUT2D eigenvalue weighted by Crippen LogP contribution is 2.34. The second kappa shape index (κ2) is 8.62. The minimum atomic E-state index is -0.00156. The van der Waals surface area contributed by atoms with Gasteiger partial charge >= 0.3 is 0 Å². The van der Waals surface area contributed by atoms with Crippen LogP contribution in [0.2, 0.25) is 0 Å². The lowest BCUT2D eigenvalue weighted by Crippen LogP contribution is -2.49. The van der Waals surface area contributed by atoms with Gasteiger partial charge < -0.3 is 19.4 Å². The molecule has 1 aromatic heterocycles. The zero-order chi connectivity index (χ0) is 19.3. The topological polar surface area (TPSA) is 71.9 Å². The van der Waals surface area contributed by atoms with Gasteiger partial charge in [-0.2, -0.15) is 0 Å². The molecule has 8 nitrogen and oxygen atoms in total. The van der Waals surface area contributed by atoms with E-state index in [1.165, 1.54) is 0 Å². The maximum Gasteiger partial charge on any atom is 0.238 e. The second-order valence-corrected chi connectivity index (χ2v) is 7.12. The van der Waals surface area contributed by atoms with E-state index in [0.717, 1.165) is 63.0 Å². The molecule has 1 aromatic carbocycles. The molecule has 2 aliphatic heterocycles. The van der Waals surface area contributed by atoms with E-state index in [-0.39, 0.29) is 12.7 Å². The lowest BCUT2D eigenvalue weighted by atomic mass is 10.2. The van der Waals surface area contributed by atoms with Gasteiger partial charge in [-0.3, -0.25) is 14.6 Å². The molecule has 28 heavy (non-hydrogen) atoms. The third-order valence-electron chi connectivity index (χ3n) is 5.26. The molecule has 8 heteroatoms. The van der Waals surface area contributed by atoms with E-state index in [0.29, 0.717) is 12.3 Å². The minimum absolute atomic E-state index is 0.00156. The number of aryl methyl sites for hydroxylation is 1. The standard InChI is InChI=1S/C20H27N5O3/c1-2-19-21-5-6-25(19)12-11-23-7-9-24(10-8-23)14-20(26)22-16-3-4-17-18(13-16)28-15-27-17/h3-6,13H,2,7-12,14-15H2,1H3,(H,22,26). The largest absolute Gasteiger partial charge is 0.454 e. The molecule has 0 unspecified atom stereocenters. The van der Waals surface area contributed by atoms with Crippen molar-refractivity contribution in [2.45, 2.75) is 19.9 Å². The molecule has 1 fully saturated rings. The molecular weight excluding hydrogens is 358 g/mol. The summed E-state index contributed by atoms with van der Waals surface area (Å²) in [5.74, 6) is 2.53. The molecule has 0 bridgehead atoms. The van der Waals surface area contributed by atoms with Crippen LogP contribution < -0.4 is 14.8 Å². The van der Waals surface area contributed by atoms with Crippen LogP contribution in [0, 0.1) is 0 Å². The zero-order valence-corrected chi connectivity index (χ0v) is 16.3. The average Bonchev–Trinajstić information content (AvgIpc) is 3.35. The number of fused-ring (bicyclic) bond motifs is 1. The summed E-state index contributed by atoms with van der Waals surface area (Å²) in [6.45, 7) is 8.52. The Labute approximate surface area is 165 Å². The normalized spacial score (nSPS) is 17.0. The van der Waals surface area contributed by atoms with E-state index in [4.69, 9.17) is 9.47 Å². The zero-order valence-electron chi connectivity index (χ0n) is 16.3. The van der Waals surface area contributed by atoms with Crippen molar-refractivity contribution in [1.29, 1.82) is 0 Å². The summed E-state index contributed by atoms with van der Waals surface area (Å²) in [5.41, 5.74) is 0.736. The number of anilines is 1. The second-order valence-electron chi connectivity index (χ2n) is 7.12. The van der Waals surface area contributed by atoms with Gasteiger partial charge in [-0.1, -0.05) is 6.92 Å². The van der Waals surface area contributed by atoms with Crippen LogP contribution >= 0.6 is 0 Å². The summed E-state index contributed by atoms with van der Waals surface area (Å²) in [6, 6.07) is 5.46. The fourth-order valence-electron chi connectivity index (χ4n) is 3.66. The molecule has 2 aliphatic rings. The van der Waals surface area contributed by atoms with Crippen molar-refractivity contribution in [3.63, 3.8) is 0 Å². The molecule has 1 amide bonds. The number of carbonyl (C=O) groups is 1. The molecule has 0 spiro atoms. The number of aromatic nitrogens is 2. The summed E-state index contributed by atoms with van der Waals surface area (Å²) in [4.78, 5) is 21.4. The number of hydrogen-bond acceptors (Lipinski definition) is 6. The Hall–Kier alpha value is -2.58. The minimum Gasteiger partial charge on any atom is -0.454 e. The molecule has 0 saturated carbocycles. The number of nitrogens with zero attached hydrogens (tertiary/aromatic N) is 4. The van der Waals surface area contributed by atoms with Gasteiger partial charge in [0.15, 0.2) is 11.5 Å². The Morgan fingerprint density at radius 3 is 2.71 bits per heavy atom. The molecule has 0 aliphatic carbocycles. The molecule has 0 radical (unpaired) electrons. The number of rotatable bonds is 7. The van der Waals surface area contributed by atoms with Crippen LogP contribution in [0.25, 0.3) is 0 Å². The highest BCUT2D eigenvalue weighted by molar-refractivity contribution is 5.92. The van der Waals surface area contributed by atoms with Gasteiger partial charge in [-0.15, -0.1) is 0 Å². The van der Waals surface area contributed by atoms with Crippen molar-refractivity contribution < 1.29 is 14.3 Å². The highest BCUT2D eigenvalue weighted by Gasteiger charge is 2.20. The molecule has 1 N–H and O–H groups in total. The summed E-state index contributed by atoms with van der Waals surface area (Å²) < 4.78 is 12.9.